The van der Waals surface area contributed by atoms with Crippen LogP contribution >= 0.6 is 11.3 Å². The van der Waals surface area contributed by atoms with Gasteiger partial charge in [0.1, 0.15) is 11.5 Å². The van der Waals surface area contributed by atoms with Crippen molar-refractivity contribution in [3.8, 4) is 11.5 Å². The zero-order valence-electron chi connectivity index (χ0n) is 18.8. The highest BCUT2D eigenvalue weighted by Crippen LogP contribution is 2.25. The van der Waals surface area contributed by atoms with Gasteiger partial charge in [0.15, 0.2) is 11.7 Å². The van der Waals surface area contributed by atoms with E-state index >= 15 is 0 Å². The summed E-state index contributed by atoms with van der Waals surface area (Å²) in [5.41, 5.74) is 4.89. The lowest BCUT2D eigenvalue weighted by Crippen LogP contribution is -2.30. The van der Waals surface area contributed by atoms with E-state index in [1.165, 1.54) is 28.0 Å². The van der Waals surface area contributed by atoms with Crippen molar-refractivity contribution >= 4 is 22.4 Å². The van der Waals surface area contributed by atoms with Crippen LogP contribution in [0, 0.1) is 0 Å². The van der Waals surface area contributed by atoms with Gasteiger partial charge in [-0.05, 0) is 53.3 Å². The number of nitrogens with one attached hydrogen (secondary N) is 1. The van der Waals surface area contributed by atoms with Crippen LogP contribution in [0.15, 0.2) is 47.8 Å². The van der Waals surface area contributed by atoms with E-state index in [1.807, 2.05) is 35.7 Å². The molecule has 4 rings (SSSR count). The molecule has 0 fully saturated rings. The standard InChI is InChI=1S/C25H29N3O3S/c1-17(2)18-4-7-22(8-5-18)31-15-24(29)27-25-26-21(16-32-25)14-28-11-10-19-12-23(30-3)9-6-20(19)13-28/h4-9,12,16-17H,10-11,13-15H2,1-3H3,(H,26,27,29). The number of hydrogen-bond acceptors (Lipinski definition) is 6. The number of methoxy groups -OCH3 is 1. The molecule has 3 aromatic rings. The maximum Gasteiger partial charge on any atom is 0.264 e. The number of thiazole rings is 1. The molecule has 1 N–H and O–H groups in total. The fourth-order valence-corrected chi connectivity index (χ4v) is 4.49. The van der Waals surface area contributed by atoms with Crippen molar-refractivity contribution in [1.29, 1.82) is 0 Å². The minimum atomic E-state index is -0.209. The van der Waals surface area contributed by atoms with Gasteiger partial charge < -0.3 is 9.47 Å². The second-order valence-electron chi connectivity index (χ2n) is 8.30. The Morgan fingerprint density at radius 2 is 1.94 bits per heavy atom. The highest BCUT2D eigenvalue weighted by Gasteiger charge is 2.18. The molecule has 0 saturated carbocycles. The minimum Gasteiger partial charge on any atom is -0.497 e. The number of carbonyl (C=O) groups excluding carboxylic acids is 1. The summed E-state index contributed by atoms with van der Waals surface area (Å²) in [7, 11) is 1.70. The molecular weight excluding hydrogens is 422 g/mol. The van der Waals surface area contributed by atoms with Crippen LogP contribution in [0.5, 0.6) is 11.5 Å². The van der Waals surface area contributed by atoms with Crippen LogP contribution in [0.4, 0.5) is 5.13 Å². The lowest BCUT2D eigenvalue weighted by Gasteiger charge is -2.28. The van der Waals surface area contributed by atoms with Crippen LogP contribution in [-0.2, 0) is 24.3 Å². The molecule has 6 nitrogen and oxygen atoms in total. The number of aromatic nitrogens is 1. The first-order valence-electron chi connectivity index (χ1n) is 10.9. The van der Waals surface area contributed by atoms with Crippen molar-refractivity contribution in [1.82, 2.24) is 9.88 Å². The van der Waals surface area contributed by atoms with Crippen LogP contribution in [0.1, 0.15) is 42.1 Å². The van der Waals surface area contributed by atoms with E-state index in [9.17, 15) is 4.79 Å². The number of hydrogen-bond donors (Lipinski definition) is 1. The zero-order valence-corrected chi connectivity index (χ0v) is 19.6. The van der Waals surface area contributed by atoms with Gasteiger partial charge in [0.25, 0.3) is 5.91 Å². The molecular formula is C25H29N3O3S. The van der Waals surface area contributed by atoms with Crippen molar-refractivity contribution in [3.05, 3.63) is 70.2 Å². The van der Waals surface area contributed by atoms with Gasteiger partial charge in [-0.2, -0.15) is 0 Å². The van der Waals surface area contributed by atoms with Crippen molar-refractivity contribution < 1.29 is 14.3 Å². The van der Waals surface area contributed by atoms with Gasteiger partial charge in [-0.1, -0.05) is 32.0 Å². The molecule has 0 atom stereocenters. The van der Waals surface area contributed by atoms with Gasteiger partial charge in [0.05, 0.1) is 12.8 Å². The lowest BCUT2D eigenvalue weighted by atomic mass is 9.99. The molecule has 2 heterocycles. The number of rotatable bonds is 8. The van der Waals surface area contributed by atoms with Crippen LogP contribution < -0.4 is 14.8 Å². The van der Waals surface area contributed by atoms with Gasteiger partial charge in [0, 0.05) is 25.0 Å². The highest BCUT2D eigenvalue weighted by molar-refractivity contribution is 7.13. The van der Waals surface area contributed by atoms with E-state index in [0.717, 1.165) is 37.5 Å². The van der Waals surface area contributed by atoms with Crippen LogP contribution in [0.2, 0.25) is 0 Å². The molecule has 0 unspecified atom stereocenters. The minimum absolute atomic E-state index is 0.0394. The molecule has 1 aromatic heterocycles. The van der Waals surface area contributed by atoms with E-state index in [0.29, 0.717) is 16.8 Å². The first kappa shape index (κ1) is 22.3. The summed E-state index contributed by atoms with van der Waals surface area (Å²) in [6.07, 6.45) is 0.996. The van der Waals surface area contributed by atoms with Gasteiger partial charge in [-0.3, -0.25) is 15.0 Å². The molecule has 32 heavy (non-hydrogen) atoms. The topological polar surface area (TPSA) is 63.7 Å². The van der Waals surface area contributed by atoms with Gasteiger partial charge in [-0.15, -0.1) is 11.3 Å². The number of benzene rings is 2. The summed E-state index contributed by atoms with van der Waals surface area (Å²) in [5, 5.41) is 5.45. The monoisotopic (exact) mass is 451 g/mol. The van der Waals surface area contributed by atoms with E-state index < -0.39 is 0 Å². The average molecular weight is 452 g/mol. The van der Waals surface area contributed by atoms with Crippen molar-refractivity contribution in [2.24, 2.45) is 0 Å². The van der Waals surface area contributed by atoms with Gasteiger partial charge in [0.2, 0.25) is 0 Å². The zero-order chi connectivity index (χ0) is 22.5. The summed E-state index contributed by atoms with van der Waals surface area (Å²) in [5.74, 6) is 1.86. The quantitative estimate of drug-likeness (QED) is 0.530. The molecule has 0 saturated heterocycles. The fraction of sp³-hybridized carbons (Fsp3) is 0.360. The molecule has 0 bridgehead atoms. The number of anilines is 1. The van der Waals surface area contributed by atoms with Crippen LogP contribution in [-0.4, -0.2) is 36.1 Å². The predicted molar refractivity (Wildman–Crippen MR) is 128 cm³/mol. The van der Waals surface area contributed by atoms with E-state index in [-0.39, 0.29) is 12.5 Å². The normalized spacial score (nSPS) is 13.6. The molecule has 2 aromatic carbocycles. The molecule has 0 radical (unpaired) electrons. The SMILES string of the molecule is COc1ccc2c(c1)CCN(Cc1csc(NC(=O)COc3ccc(C(C)C)cc3)n1)C2. The Labute approximate surface area is 193 Å². The summed E-state index contributed by atoms with van der Waals surface area (Å²) in [6, 6.07) is 14.1. The van der Waals surface area contributed by atoms with E-state index in [1.54, 1.807) is 7.11 Å². The fourth-order valence-electron chi connectivity index (χ4n) is 3.77. The Morgan fingerprint density at radius 3 is 2.69 bits per heavy atom. The Kier molecular flexibility index (Phi) is 7.07. The molecule has 0 spiro atoms. The van der Waals surface area contributed by atoms with E-state index in [2.05, 4.69) is 41.2 Å². The third-order valence-electron chi connectivity index (χ3n) is 5.61. The van der Waals surface area contributed by atoms with Crippen LogP contribution in [0.25, 0.3) is 0 Å². The molecule has 1 aliphatic rings. The number of carbonyl (C=O) groups is 1. The maximum absolute atomic E-state index is 12.3. The summed E-state index contributed by atoms with van der Waals surface area (Å²) >= 11 is 1.44. The van der Waals surface area contributed by atoms with Crippen molar-refractivity contribution in [2.45, 2.75) is 39.3 Å². The molecule has 7 heteroatoms. The number of fused-ring (bicyclic) bond motifs is 1. The number of nitrogens with zero attached hydrogens (tertiary/aromatic N) is 2. The molecule has 168 valence electrons. The summed E-state index contributed by atoms with van der Waals surface area (Å²) in [4.78, 5) is 19.2. The number of amides is 1. The Morgan fingerprint density at radius 1 is 1.16 bits per heavy atom. The Balaban J connectivity index is 1.26. The summed E-state index contributed by atoms with van der Waals surface area (Å²) < 4.78 is 10.9. The smallest absolute Gasteiger partial charge is 0.264 e. The number of ether oxygens (including phenoxy) is 2. The van der Waals surface area contributed by atoms with E-state index in [4.69, 9.17) is 9.47 Å². The molecule has 1 aliphatic heterocycles. The lowest BCUT2D eigenvalue weighted by molar-refractivity contribution is -0.118. The van der Waals surface area contributed by atoms with Gasteiger partial charge >= 0.3 is 0 Å². The van der Waals surface area contributed by atoms with Crippen molar-refractivity contribution in [3.63, 3.8) is 0 Å². The van der Waals surface area contributed by atoms with Crippen molar-refractivity contribution in [2.75, 3.05) is 25.6 Å². The largest absolute Gasteiger partial charge is 0.497 e. The summed E-state index contributed by atoms with van der Waals surface area (Å²) in [6.45, 7) is 6.88. The average Bonchev–Trinajstić information content (AvgIpc) is 3.24. The Hall–Kier alpha value is -2.90. The first-order valence-corrected chi connectivity index (χ1v) is 11.7. The first-order chi connectivity index (χ1) is 15.5. The Bertz CT molecular complexity index is 1060. The third-order valence-corrected chi connectivity index (χ3v) is 6.41. The highest BCUT2D eigenvalue weighted by atomic mass is 32.1. The third kappa shape index (κ3) is 5.66. The van der Waals surface area contributed by atoms with Gasteiger partial charge in [-0.25, -0.2) is 4.98 Å². The van der Waals surface area contributed by atoms with Crippen LogP contribution in [0.3, 0.4) is 0 Å². The molecule has 1 amide bonds. The second-order valence-corrected chi connectivity index (χ2v) is 9.16. The molecule has 0 aliphatic carbocycles. The predicted octanol–water partition coefficient (Wildman–Crippen LogP) is 4.85. The maximum atomic E-state index is 12.3. The second kappa shape index (κ2) is 10.1.